The molecule has 2 heteroatoms. The third-order valence-corrected chi connectivity index (χ3v) is 4.44. The number of carbonyl (C=O) groups excluding carboxylic acids is 1. The van der Waals surface area contributed by atoms with E-state index in [0.29, 0.717) is 6.54 Å². The highest BCUT2D eigenvalue weighted by Crippen LogP contribution is 2.40. The zero-order valence-electron chi connectivity index (χ0n) is 12.7. The van der Waals surface area contributed by atoms with E-state index in [0.717, 1.165) is 11.3 Å². The van der Waals surface area contributed by atoms with Crippen LogP contribution in [0.3, 0.4) is 0 Å². The lowest BCUT2D eigenvalue weighted by Gasteiger charge is -2.18. The van der Waals surface area contributed by atoms with Gasteiger partial charge in [0.15, 0.2) is 0 Å². The van der Waals surface area contributed by atoms with E-state index in [2.05, 4.69) is 30.3 Å². The molecule has 0 spiro atoms. The molecule has 0 bridgehead atoms. The molecule has 112 valence electrons. The van der Waals surface area contributed by atoms with Gasteiger partial charge in [-0.2, -0.15) is 0 Å². The Kier molecular flexibility index (Phi) is 3.43. The summed E-state index contributed by atoms with van der Waals surface area (Å²) in [4.78, 5) is 14.8. The van der Waals surface area contributed by atoms with Gasteiger partial charge >= 0.3 is 0 Å². The molecular weight excluding hydrogens is 282 g/mol. The van der Waals surface area contributed by atoms with Crippen LogP contribution < -0.4 is 4.90 Å². The van der Waals surface area contributed by atoms with E-state index in [1.54, 1.807) is 0 Å². The molecule has 2 nitrogen and oxygen atoms in total. The topological polar surface area (TPSA) is 20.3 Å². The number of amides is 1. The lowest BCUT2D eigenvalue weighted by atomic mass is 9.93. The summed E-state index contributed by atoms with van der Waals surface area (Å²) >= 11 is 0. The molecule has 1 atom stereocenters. The molecule has 1 aliphatic heterocycles. The van der Waals surface area contributed by atoms with Crippen LogP contribution in [0.2, 0.25) is 0 Å². The van der Waals surface area contributed by atoms with Gasteiger partial charge in [0.1, 0.15) is 0 Å². The Hall–Kier alpha value is -2.87. The summed E-state index contributed by atoms with van der Waals surface area (Å²) in [5.41, 5.74) is 4.23. The van der Waals surface area contributed by atoms with Gasteiger partial charge in [-0.3, -0.25) is 4.79 Å². The maximum Gasteiger partial charge on any atom is 0.258 e. The summed E-state index contributed by atoms with van der Waals surface area (Å²) in [6, 6.07) is 28.1. The Bertz CT molecular complexity index is 827. The maximum absolute atomic E-state index is 12.9. The van der Waals surface area contributed by atoms with Crippen LogP contribution >= 0.6 is 0 Å². The predicted molar refractivity (Wildman–Crippen MR) is 92.8 cm³/mol. The quantitative estimate of drug-likeness (QED) is 0.683. The number of fused-ring (bicyclic) bond motifs is 1. The van der Waals surface area contributed by atoms with E-state index in [9.17, 15) is 4.79 Å². The van der Waals surface area contributed by atoms with Gasteiger partial charge < -0.3 is 4.90 Å². The van der Waals surface area contributed by atoms with Crippen LogP contribution in [-0.4, -0.2) is 12.5 Å². The molecule has 0 saturated carbocycles. The largest absolute Gasteiger partial charge is 0.307 e. The number of nitrogens with zero attached hydrogens (tertiary/aromatic N) is 1. The van der Waals surface area contributed by atoms with Gasteiger partial charge in [-0.05, 0) is 29.3 Å². The van der Waals surface area contributed by atoms with Gasteiger partial charge in [-0.25, -0.2) is 0 Å². The molecule has 1 aliphatic rings. The molecule has 1 unspecified atom stereocenters. The van der Waals surface area contributed by atoms with Gasteiger partial charge in [0.25, 0.3) is 5.91 Å². The molecule has 0 radical (unpaired) electrons. The van der Waals surface area contributed by atoms with Crippen LogP contribution in [0.4, 0.5) is 5.69 Å². The van der Waals surface area contributed by atoms with Crippen molar-refractivity contribution in [2.24, 2.45) is 0 Å². The number of hydrogen-bond acceptors (Lipinski definition) is 1. The Labute approximate surface area is 136 Å². The lowest BCUT2D eigenvalue weighted by Crippen LogP contribution is -2.29. The molecule has 0 N–H and O–H groups in total. The number of hydrogen-bond donors (Lipinski definition) is 0. The first-order valence-corrected chi connectivity index (χ1v) is 7.85. The number of anilines is 1. The minimum atomic E-state index is 0.0662. The Morgan fingerprint density at radius 1 is 0.783 bits per heavy atom. The van der Waals surface area contributed by atoms with Crippen LogP contribution in [0.5, 0.6) is 0 Å². The highest BCUT2D eigenvalue weighted by Gasteiger charge is 2.33. The summed E-state index contributed by atoms with van der Waals surface area (Å²) in [6.07, 6.45) is 0. The van der Waals surface area contributed by atoms with Crippen molar-refractivity contribution >= 4 is 11.6 Å². The van der Waals surface area contributed by atoms with Crippen LogP contribution in [0.1, 0.15) is 27.4 Å². The average molecular weight is 299 g/mol. The number of rotatable bonds is 2. The zero-order chi connectivity index (χ0) is 15.6. The summed E-state index contributed by atoms with van der Waals surface area (Å²) < 4.78 is 0. The highest BCUT2D eigenvalue weighted by molar-refractivity contribution is 6.07. The molecule has 0 saturated heterocycles. The first kappa shape index (κ1) is 13.8. The van der Waals surface area contributed by atoms with Gasteiger partial charge in [-0.1, -0.05) is 66.7 Å². The van der Waals surface area contributed by atoms with Crippen molar-refractivity contribution in [2.75, 3.05) is 11.4 Å². The van der Waals surface area contributed by atoms with E-state index in [4.69, 9.17) is 0 Å². The van der Waals surface area contributed by atoms with Gasteiger partial charge in [0.05, 0.1) is 0 Å². The number of para-hydroxylation sites is 1. The normalized spacial score (nSPS) is 16.2. The van der Waals surface area contributed by atoms with Crippen LogP contribution in [0.15, 0.2) is 84.9 Å². The van der Waals surface area contributed by atoms with Crippen molar-refractivity contribution in [1.82, 2.24) is 0 Å². The third-order valence-electron chi connectivity index (χ3n) is 4.44. The summed E-state index contributed by atoms with van der Waals surface area (Å²) in [7, 11) is 0. The third kappa shape index (κ3) is 2.42. The standard InChI is InChI=1S/C21H17NO/c23-21(17-11-5-2-6-12-17)22-15-19(16-9-3-1-4-10-16)18-13-7-8-14-20(18)22/h1-14,19H,15H2. The van der Waals surface area contributed by atoms with Crippen LogP contribution in [0, 0.1) is 0 Å². The van der Waals surface area contributed by atoms with Crippen molar-refractivity contribution in [3.8, 4) is 0 Å². The molecule has 4 rings (SSSR count). The predicted octanol–water partition coefficient (Wildman–Crippen LogP) is 4.48. The van der Waals surface area contributed by atoms with Gasteiger partial charge in [0, 0.05) is 23.7 Å². The fourth-order valence-corrected chi connectivity index (χ4v) is 3.31. The fraction of sp³-hybridized carbons (Fsp3) is 0.0952. The monoisotopic (exact) mass is 299 g/mol. The van der Waals surface area contributed by atoms with Crippen LogP contribution in [-0.2, 0) is 0 Å². The minimum Gasteiger partial charge on any atom is -0.307 e. The summed E-state index contributed by atoms with van der Waals surface area (Å²) in [6.45, 7) is 0.692. The fourth-order valence-electron chi connectivity index (χ4n) is 3.31. The van der Waals surface area contributed by atoms with E-state index >= 15 is 0 Å². The molecule has 1 heterocycles. The maximum atomic E-state index is 12.9. The van der Waals surface area contributed by atoms with Crippen molar-refractivity contribution in [1.29, 1.82) is 0 Å². The van der Waals surface area contributed by atoms with E-state index in [-0.39, 0.29) is 11.8 Å². The second-order valence-electron chi connectivity index (χ2n) is 5.80. The second-order valence-corrected chi connectivity index (χ2v) is 5.80. The summed E-state index contributed by atoms with van der Waals surface area (Å²) in [5, 5.41) is 0. The minimum absolute atomic E-state index is 0.0662. The molecule has 0 fully saturated rings. The van der Waals surface area contributed by atoms with Crippen molar-refractivity contribution in [3.05, 3.63) is 102 Å². The Morgan fingerprint density at radius 2 is 1.39 bits per heavy atom. The zero-order valence-corrected chi connectivity index (χ0v) is 12.7. The average Bonchev–Trinajstić information content (AvgIpc) is 3.02. The molecule has 3 aromatic carbocycles. The summed E-state index contributed by atoms with van der Waals surface area (Å²) in [5.74, 6) is 0.302. The molecular formula is C21H17NO. The number of benzene rings is 3. The van der Waals surface area contributed by atoms with E-state index in [1.165, 1.54) is 11.1 Å². The van der Waals surface area contributed by atoms with E-state index < -0.39 is 0 Å². The highest BCUT2D eigenvalue weighted by atomic mass is 16.2. The first-order valence-electron chi connectivity index (χ1n) is 7.85. The molecule has 0 aromatic heterocycles. The second kappa shape index (κ2) is 5.73. The molecule has 3 aromatic rings. The smallest absolute Gasteiger partial charge is 0.258 e. The van der Waals surface area contributed by atoms with E-state index in [1.807, 2.05) is 59.5 Å². The molecule has 23 heavy (non-hydrogen) atoms. The SMILES string of the molecule is O=C(c1ccccc1)N1CC(c2ccccc2)c2ccccc21. The Balaban J connectivity index is 1.75. The molecule has 0 aliphatic carbocycles. The first-order chi connectivity index (χ1) is 11.3. The Morgan fingerprint density at radius 3 is 2.13 bits per heavy atom. The van der Waals surface area contributed by atoms with Crippen molar-refractivity contribution < 1.29 is 4.79 Å². The van der Waals surface area contributed by atoms with Crippen molar-refractivity contribution in [3.63, 3.8) is 0 Å². The molecule has 1 amide bonds. The number of carbonyl (C=O) groups is 1. The van der Waals surface area contributed by atoms with Crippen molar-refractivity contribution in [2.45, 2.75) is 5.92 Å². The lowest BCUT2D eigenvalue weighted by molar-refractivity contribution is 0.0988. The van der Waals surface area contributed by atoms with Gasteiger partial charge in [0.2, 0.25) is 0 Å². The van der Waals surface area contributed by atoms with Gasteiger partial charge in [-0.15, -0.1) is 0 Å². The van der Waals surface area contributed by atoms with Crippen LogP contribution in [0.25, 0.3) is 0 Å².